The summed E-state index contributed by atoms with van der Waals surface area (Å²) >= 11 is 0. The largest absolute Gasteiger partial charge is 0.342 e. The number of anilines is 1. The number of carbonyl (C=O) groups excluding carboxylic acids is 1. The fourth-order valence-corrected chi connectivity index (χ4v) is 6.44. The summed E-state index contributed by atoms with van der Waals surface area (Å²) in [5.74, 6) is 2.42. The predicted octanol–water partition coefficient (Wildman–Crippen LogP) is 6.15. The molecule has 5 heterocycles. The molecule has 230 valence electrons. The van der Waals surface area contributed by atoms with Crippen LogP contribution >= 0.6 is 0 Å². The highest BCUT2D eigenvalue weighted by molar-refractivity contribution is 5.85. The normalized spacial score (nSPS) is 18.9. The average Bonchev–Trinajstić information content (AvgIpc) is 3.91. The lowest BCUT2D eigenvalue weighted by Gasteiger charge is -2.30. The van der Waals surface area contributed by atoms with E-state index in [0.717, 1.165) is 71.1 Å². The Morgan fingerprint density at radius 3 is 2.00 bits per heavy atom. The van der Waals surface area contributed by atoms with Crippen molar-refractivity contribution in [3.63, 3.8) is 0 Å². The van der Waals surface area contributed by atoms with Crippen LogP contribution in [0.1, 0.15) is 63.3 Å². The number of carbonyl (C=O) groups is 1. The molecule has 0 bridgehead atoms. The van der Waals surface area contributed by atoms with E-state index in [2.05, 4.69) is 84.1 Å². The number of H-pyrrole nitrogens is 2. The number of nitrogens with one attached hydrogen (secondary N) is 4. The Morgan fingerprint density at radius 2 is 1.40 bits per heavy atom. The van der Waals surface area contributed by atoms with Gasteiger partial charge in [0.15, 0.2) is 0 Å². The highest BCUT2D eigenvalue weighted by atomic mass is 16.2. The van der Waals surface area contributed by atoms with Crippen molar-refractivity contribution in [2.24, 2.45) is 5.92 Å². The molecule has 3 atom stereocenters. The van der Waals surface area contributed by atoms with Crippen molar-refractivity contribution in [1.82, 2.24) is 40.1 Å². The molecule has 3 aromatic heterocycles. The Kier molecular flexibility index (Phi) is 8.13. The minimum Gasteiger partial charge on any atom is -0.342 e. The summed E-state index contributed by atoms with van der Waals surface area (Å²) in [6, 6.07) is 18.7. The topological polar surface area (TPSA) is 128 Å². The zero-order chi connectivity index (χ0) is 30.8. The molecule has 2 aliphatic rings. The van der Waals surface area contributed by atoms with Crippen LogP contribution in [-0.2, 0) is 4.79 Å². The Bertz CT molecular complexity index is 1720. The first-order valence-electron chi connectivity index (χ1n) is 15.9. The molecular formula is C35H39N9O. The molecule has 7 rings (SSSR count). The molecule has 4 N–H and O–H groups in total. The number of rotatable bonds is 9. The number of likely N-dealkylation sites (tertiary alicyclic amines) is 1. The SMILES string of the molecule is CC(C)C(Nc1ncccn1)C(=O)N1CCCC1c1ncc(-c2ccc(-c3ccc(-c4cnc(C5CCCN5)[nH]4)cc3)cc2)[nH]1. The minimum absolute atomic E-state index is 0.0482. The van der Waals surface area contributed by atoms with E-state index in [1.807, 2.05) is 31.1 Å². The molecule has 10 heteroatoms. The fraction of sp³-hybridized carbons (Fsp3) is 0.343. The first-order valence-corrected chi connectivity index (χ1v) is 15.9. The van der Waals surface area contributed by atoms with E-state index < -0.39 is 6.04 Å². The molecule has 0 saturated carbocycles. The van der Waals surface area contributed by atoms with E-state index in [1.54, 1.807) is 18.5 Å². The molecule has 2 aromatic carbocycles. The van der Waals surface area contributed by atoms with Gasteiger partial charge in [-0.1, -0.05) is 62.4 Å². The molecule has 3 unspecified atom stereocenters. The Hall–Kier alpha value is -4.83. The van der Waals surface area contributed by atoms with Crippen LogP contribution < -0.4 is 10.6 Å². The lowest BCUT2D eigenvalue weighted by atomic mass is 10.0. The number of amides is 1. The second-order valence-electron chi connectivity index (χ2n) is 12.3. The Labute approximate surface area is 263 Å². The molecule has 2 saturated heterocycles. The highest BCUT2D eigenvalue weighted by Gasteiger charge is 2.37. The van der Waals surface area contributed by atoms with Crippen molar-refractivity contribution in [3.8, 4) is 33.6 Å². The van der Waals surface area contributed by atoms with Gasteiger partial charge in [0.05, 0.1) is 35.9 Å². The lowest BCUT2D eigenvalue weighted by Crippen LogP contribution is -2.45. The van der Waals surface area contributed by atoms with Gasteiger partial charge in [0.1, 0.15) is 17.7 Å². The molecule has 1 amide bonds. The standard InChI is InChI=1S/C35H39N9O/c1-22(2)31(43-35-37-17-5-18-38-35)34(45)44-19-4-7-30(44)33-40-21-29(42-33)26-14-10-24(11-15-26)23-8-12-25(13-9-23)28-20-39-32(41-28)27-6-3-16-36-27/h5,8-15,17-18,20-22,27,30-31,36H,3-4,6-7,16,19H2,1-2H3,(H,39,41)(H,40,42)(H,37,38,43). The maximum Gasteiger partial charge on any atom is 0.246 e. The van der Waals surface area contributed by atoms with Crippen LogP contribution in [0.4, 0.5) is 5.95 Å². The van der Waals surface area contributed by atoms with Crippen molar-refractivity contribution in [3.05, 3.63) is 91.0 Å². The van der Waals surface area contributed by atoms with Gasteiger partial charge in [-0.05, 0) is 66.5 Å². The van der Waals surface area contributed by atoms with Gasteiger partial charge >= 0.3 is 0 Å². The van der Waals surface area contributed by atoms with Crippen LogP contribution in [0.25, 0.3) is 33.6 Å². The van der Waals surface area contributed by atoms with Gasteiger partial charge in [-0.3, -0.25) is 4.79 Å². The third-order valence-electron chi connectivity index (χ3n) is 8.94. The number of aromatic amines is 2. The lowest BCUT2D eigenvalue weighted by molar-refractivity contribution is -0.134. The van der Waals surface area contributed by atoms with E-state index >= 15 is 0 Å². The molecule has 5 aromatic rings. The Morgan fingerprint density at radius 1 is 0.800 bits per heavy atom. The van der Waals surface area contributed by atoms with Crippen molar-refractivity contribution in [1.29, 1.82) is 0 Å². The van der Waals surface area contributed by atoms with Crippen LogP contribution in [0.3, 0.4) is 0 Å². The van der Waals surface area contributed by atoms with Gasteiger partial charge in [-0.25, -0.2) is 19.9 Å². The summed E-state index contributed by atoms with van der Waals surface area (Å²) in [6.45, 7) is 5.83. The van der Waals surface area contributed by atoms with Crippen LogP contribution in [0.5, 0.6) is 0 Å². The van der Waals surface area contributed by atoms with E-state index in [1.165, 1.54) is 6.42 Å². The molecule has 0 radical (unpaired) electrons. The van der Waals surface area contributed by atoms with Crippen LogP contribution in [0.2, 0.25) is 0 Å². The van der Waals surface area contributed by atoms with Gasteiger partial charge in [0.2, 0.25) is 11.9 Å². The van der Waals surface area contributed by atoms with Crippen molar-refractivity contribution in [2.75, 3.05) is 18.4 Å². The zero-order valence-electron chi connectivity index (χ0n) is 25.7. The molecule has 10 nitrogen and oxygen atoms in total. The summed E-state index contributed by atoms with van der Waals surface area (Å²) in [6.07, 6.45) is 11.3. The third kappa shape index (κ3) is 6.10. The molecule has 45 heavy (non-hydrogen) atoms. The van der Waals surface area contributed by atoms with Gasteiger partial charge in [0.25, 0.3) is 0 Å². The molecule has 2 aliphatic heterocycles. The molecule has 2 fully saturated rings. The summed E-state index contributed by atoms with van der Waals surface area (Å²) < 4.78 is 0. The van der Waals surface area contributed by atoms with Gasteiger partial charge < -0.3 is 25.5 Å². The van der Waals surface area contributed by atoms with Crippen LogP contribution in [0, 0.1) is 5.92 Å². The van der Waals surface area contributed by atoms with Gasteiger partial charge in [-0.15, -0.1) is 0 Å². The Balaban J connectivity index is 1.03. The van der Waals surface area contributed by atoms with E-state index in [9.17, 15) is 4.79 Å². The number of nitrogens with zero attached hydrogens (tertiary/aromatic N) is 5. The maximum absolute atomic E-state index is 13.7. The second-order valence-corrected chi connectivity index (χ2v) is 12.3. The summed E-state index contributed by atoms with van der Waals surface area (Å²) in [4.78, 5) is 40.6. The summed E-state index contributed by atoms with van der Waals surface area (Å²) in [5, 5.41) is 6.75. The summed E-state index contributed by atoms with van der Waals surface area (Å²) in [7, 11) is 0. The molecular weight excluding hydrogens is 562 g/mol. The fourth-order valence-electron chi connectivity index (χ4n) is 6.44. The maximum atomic E-state index is 13.7. The average molecular weight is 602 g/mol. The first kappa shape index (κ1) is 28.9. The minimum atomic E-state index is -0.421. The van der Waals surface area contributed by atoms with E-state index in [0.29, 0.717) is 18.5 Å². The highest BCUT2D eigenvalue weighted by Crippen LogP contribution is 2.34. The van der Waals surface area contributed by atoms with E-state index in [-0.39, 0.29) is 17.9 Å². The first-order chi connectivity index (χ1) is 22.0. The van der Waals surface area contributed by atoms with Crippen molar-refractivity contribution in [2.45, 2.75) is 57.7 Å². The van der Waals surface area contributed by atoms with Crippen LogP contribution in [-0.4, -0.2) is 59.8 Å². The second kappa shape index (κ2) is 12.6. The van der Waals surface area contributed by atoms with Crippen molar-refractivity contribution < 1.29 is 4.79 Å². The quantitative estimate of drug-likeness (QED) is 0.160. The number of hydrogen-bond donors (Lipinski definition) is 4. The summed E-state index contributed by atoms with van der Waals surface area (Å²) in [5.41, 5.74) is 6.46. The van der Waals surface area contributed by atoms with Gasteiger partial charge in [0, 0.05) is 18.9 Å². The number of aromatic nitrogens is 6. The molecule has 0 spiro atoms. The zero-order valence-corrected chi connectivity index (χ0v) is 25.7. The van der Waals surface area contributed by atoms with E-state index in [4.69, 9.17) is 4.98 Å². The monoisotopic (exact) mass is 601 g/mol. The number of imidazole rings is 2. The number of benzene rings is 2. The van der Waals surface area contributed by atoms with Crippen molar-refractivity contribution >= 4 is 11.9 Å². The molecule has 0 aliphatic carbocycles. The number of hydrogen-bond acceptors (Lipinski definition) is 7. The van der Waals surface area contributed by atoms with Gasteiger partial charge in [-0.2, -0.15) is 0 Å². The third-order valence-corrected chi connectivity index (χ3v) is 8.94. The predicted molar refractivity (Wildman–Crippen MR) is 175 cm³/mol. The smallest absolute Gasteiger partial charge is 0.246 e. The van der Waals surface area contributed by atoms with Crippen LogP contribution in [0.15, 0.2) is 79.4 Å².